The van der Waals surface area contributed by atoms with Gasteiger partial charge in [-0.2, -0.15) is 0 Å². The summed E-state index contributed by atoms with van der Waals surface area (Å²) in [4.78, 5) is 29.1. The Morgan fingerprint density at radius 2 is 1.92 bits per heavy atom. The van der Waals surface area contributed by atoms with Crippen molar-refractivity contribution in [1.29, 1.82) is 0 Å². The number of nitrogens with zero attached hydrogens (tertiary/aromatic N) is 4. The summed E-state index contributed by atoms with van der Waals surface area (Å²) in [6, 6.07) is 0. The van der Waals surface area contributed by atoms with Crippen molar-refractivity contribution < 1.29 is 4.79 Å². The lowest BCUT2D eigenvalue weighted by Gasteiger charge is -2.29. The maximum absolute atomic E-state index is 12.0. The van der Waals surface area contributed by atoms with E-state index in [9.17, 15) is 4.79 Å². The largest absolute Gasteiger partial charge is 0.353 e. The predicted molar refractivity (Wildman–Crippen MR) is 104 cm³/mol. The fourth-order valence-corrected chi connectivity index (χ4v) is 5.73. The molecule has 138 valence electrons. The number of hydrogen-bond acceptors (Lipinski definition) is 6. The molecule has 0 saturated carbocycles. The summed E-state index contributed by atoms with van der Waals surface area (Å²) in [5, 5.41) is 4.15. The minimum absolute atomic E-state index is 0.0902. The number of piperidine rings is 1. The molecule has 3 aliphatic rings. The van der Waals surface area contributed by atoms with Crippen LogP contribution in [0.4, 0.5) is 5.82 Å². The number of carbonyl (C=O) groups excluding carboxylic acids is 1. The summed E-state index contributed by atoms with van der Waals surface area (Å²) in [6.07, 6.45) is 7.40. The SMILES string of the molecule is O=C1CN(c2nc(CN3CCCCC3)nc3sc4c(c23)CCC4)CCN1. The van der Waals surface area contributed by atoms with Crippen LogP contribution in [0.3, 0.4) is 0 Å². The summed E-state index contributed by atoms with van der Waals surface area (Å²) >= 11 is 1.84. The quantitative estimate of drug-likeness (QED) is 0.895. The molecule has 0 bridgehead atoms. The highest BCUT2D eigenvalue weighted by Gasteiger charge is 2.27. The van der Waals surface area contributed by atoms with Gasteiger partial charge in [-0.1, -0.05) is 6.42 Å². The lowest BCUT2D eigenvalue weighted by Crippen LogP contribution is -2.48. The van der Waals surface area contributed by atoms with E-state index in [1.165, 1.54) is 41.5 Å². The van der Waals surface area contributed by atoms with Gasteiger partial charge in [0.2, 0.25) is 5.91 Å². The van der Waals surface area contributed by atoms with Crippen LogP contribution in [0.2, 0.25) is 0 Å². The second-order valence-corrected chi connectivity index (χ2v) is 8.69. The second kappa shape index (κ2) is 6.78. The molecule has 2 aromatic rings. The summed E-state index contributed by atoms with van der Waals surface area (Å²) in [5.74, 6) is 2.00. The molecule has 5 rings (SSSR count). The Morgan fingerprint density at radius 1 is 1.04 bits per heavy atom. The van der Waals surface area contributed by atoms with Crippen LogP contribution < -0.4 is 10.2 Å². The van der Waals surface area contributed by atoms with Crippen molar-refractivity contribution in [1.82, 2.24) is 20.2 Å². The number of thiophene rings is 1. The number of likely N-dealkylation sites (tertiary alicyclic amines) is 1. The van der Waals surface area contributed by atoms with Crippen LogP contribution in [-0.2, 0) is 24.2 Å². The molecular weight excluding hydrogens is 346 g/mol. The van der Waals surface area contributed by atoms with E-state index in [-0.39, 0.29) is 5.91 Å². The van der Waals surface area contributed by atoms with Gasteiger partial charge in [-0.15, -0.1) is 11.3 Å². The molecule has 1 aliphatic carbocycles. The molecule has 6 nitrogen and oxygen atoms in total. The van der Waals surface area contributed by atoms with Crippen LogP contribution in [0.1, 0.15) is 41.9 Å². The zero-order valence-electron chi connectivity index (χ0n) is 15.1. The van der Waals surface area contributed by atoms with Crippen molar-refractivity contribution in [2.75, 3.05) is 37.6 Å². The van der Waals surface area contributed by atoms with Crippen molar-refractivity contribution in [3.8, 4) is 0 Å². The Hall–Kier alpha value is -1.73. The van der Waals surface area contributed by atoms with Crippen LogP contribution >= 0.6 is 11.3 Å². The van der Waals surface area contributed by atoms with E-state index in [4.69, 9.17) is 9.97 Å². The highest BCUT2D eigenvalue weighted by Crippen LogP contribution is 2.40. The van der Waals surface area contributed by atoms with Crippen LogP contribution in [0.15, 0.2) is 0 Å². The number of aromatic nitrogens is 2. The number of piperazine rings is 1. The molecule has 0 radical (unpaired) electrons. The summed E-state index contributed by atoms with van der Waals surface area (Å²) in [5.41, 5.74) is 1.44. The number of anilines is 1. The number of hydrogen-bond donors (Lipinski definition) is 1. The van der Waals surface area contributed by atoms with E-state index >= 15 is 0 Å². The van der Waals surface area contributed by atoms with Crippen molar-refractivity contribution in [3.05, 3.63) is 16.3 Å². The first-order valence-corrected chi connectivity index (χ1v) is 10.6. The van der Waals surface area contributed by atoms with Gasteiger partial charge in [0, 0.05) is 18.0 Å². The fourth-order valence-electron chi connectivity index (χ4n) is 4.46. The van der Waals surface area contributed by atoms with Crippen LogP contribution in [0.5, 0.6) is 0 Å². The standard InChI is InChI=1S/C19H25N5OS/c25-16-12-24(10-7-20-16)18-17-13-5-4-6-14(13)26-19(17)22-15(21-18)11-23-8-2-1-3-9-23/h1-12H2,(H,20,25). The Labute approximate surface area is 157 Å². The highest BCUT2D eigenvalue weighted by molar-refractivity contribution is 7.19. The Bertz CT molecular complexity index is 842. The fraction of sp³-hybridized carbons (Fsp3) is 0.632. The normalized spacial score (nSPS) is 21.2. The molecule has 2 saturated heterocycles. The van der Waals surface area contributed by atoms with E-state index in [0.717, 1.165) is 55.5 Å². The zero-order chi connectivity index (χ0) is 17.5. The van der Waals surface area contributed by atoms with Gasteiger partial charge in [-0.25, -0.2) is 9.97 Å². The highest BCUT2D eigenvalue weighted by atomic mass is 32.1. The minimum Gasteiger partial charge on any atom is -0.353 e. The summed E-state index contributed by atoms with van der Waals surface area (Å²) < 4.78 is 0. The first-order valence-electron chi connectivity index (χ1n) is 9.83. The monoisotopic (exact) mass is 371 g/mol. The third-order valence-electron chi connectivity index (χ3n) is 5.74. The first kappa shape index (κ1) is 16.4. The number of fused-ring (bicyclic) bond motifs is 3. The maximum atomic E-state index is 12.0. The Kier molecular flexibility index (Phi) is 4.29. The minimum atomic E-state index is 0.0902. The van der Waals surface area contributed by atoms with Gasteiger partial charge in [0.15, 0.2) is 0 Å². The van der Waals surface area contributed by atoms with Crippen molar-refractivity contribution in [2.45, 2.75) is 45.1 Å². The topological polar surface area (TPSA) is 61.4 Å². The third-order valence-corrected chi connectivity index (χ3v) is 6.93. The average molecular weight is 372 g/mol. The van der Waals surface area contributed by atoms with Crippen LogP contribution in [-0.4, -0.2) is 53.5 Å². The molecule has 0 atom stereocenters. The molecule has 2 aliphatic heterocycles. The number of rotatable bonds is 3. The molecule has 0 unspecified atom stereocenters. The maximum Gasteiger partial charge on any atom is 0.239 e. The third kappa shape index (κ3) is 2.97. The van der Waals surface area contributed by atoms with E-state index in [0.29, 0.717) is 13.1 Å². The van der Waals surface area contributed by atoms with Gasteiger partial charge >= 0.3 is 0 Å². The molecule has 7 heteroatoms. The summed E-state index contributed by atoms with van der Waals surface area (Å²) in [7, 11) is 0. The number of carbonyl (C=O) groups is 1. The molecule has 2 fully saturated rings. The smallest absolute Gasteiger partial charge is 0.239 e. The molecule has 1 N–H and O–H groups in total. The summed E-state index contributed by atoms with van der Waals surface area (Å²) in [6.45, 7) is 5.03. The van der Waals surface area contributed by atoms with E-state index < -0.39 is 0 Å². The van der Waals surface area contributed by atoms with Gasteiger partial charge in [-0.3, -0.25) is 9.69 Å². The van der Waals surface area contributed by atoms with E-state index in [1.807, 2.05) is 11.3 Å². The first-order chi connectivity index (χ1) is 12.8. The average Bonchev–Trinajstić information content (AvgIpc) is 3.23. The van der Waals surface area contributed by atoms with Crippen LogP contribution in [0, 0.1) is 0 Å². The van der Waals surface area contributed by atoms with Gasteiger partial charge in [0.25, 0.3) is 0 Å². The van der Waals surface area contributed by atoms with E-state index in [1.54, 1.807) is 0 Å². The van der Waals surface area contributed by atoms with Gasteiger partial charge < -0.3 is 10.2 Å². The van der Waals surface area contributed by atoms with E-state index in [2.05, 4.69) is 15.1 Å². The van der Waals surface area contributed by atoms with Crippen molar-refractivity contribution >= 4 is 33.3 Å². The number of nitrogens with one attached hydrogen (secondary N) is 1. The van der Waals surface area contributed by atoms with Crippen molar-refractivity contribution in [3.63, 3.8) is 0 Å². The van der Waals surface area contributed by atoms with Gasteiger partial charge in [-0.05, 0) is 50.8 Å². The molecule has 4 heterocycles. The second-order valence-electron chi connectivity index (χ2n) is 7.61. The lowest BCUT2D eigenvalue weighted by molar-refractivity contribution is -0.120. The molecule has 26 heavy (non-hydrogen) atoms. The predicted octanol–water partition coefficient (Wildman–Crippen LogP) is 2.10. The molecule has 0 aromatic carbocycles. The Balaban J connectivity index is 1.56. The number of aryl methyl sites for hydroxylation is 2. The Morgan fingerprint density at radius 3 is 2.77 bits per heavy atom. The number of amides is 1. The molecule has 0 spiro atoms. The molecular formula is C19H25N5OS. The van der Waals surface area contributed by atoms with Crippen molar-refractivity contribution in [2.24, 2.45) is 0 Å². The zero-order valence-corrected chi connectivity index (χ0v) is 15.9. The molecule has 2 aromatic heterocycles. The molecule has 1 amide bonds. The van der Waals surface area contributed by atoms with Gasteiger partial charge in [0.1, 0.15) is 16.5 Å². The lowest BCUT2D eigenvalue weighted by atomic mass is 10.1. The van der Waals surface area contributed by atoms with Gasteiger partial charge in [0.05, 0.1) is 18.5 Å². The van der Waals surface area contributed by atoms with Crippen LogP contribution in [0.25, 0.3) is 10.2 Å².